The second-order valence-corrected chi connectivity index (χ2v) is 9.08. The van der Waals surface area contributed by atoms with E-state index in [2.05, 4.69) is 4.99 Å². The fraction of sp³-hybridized carbons (Fsp3) is 0.238. The minimum atomic E-state index is -0.684. The van der Waals surface area contributed by atoms with E-state index in [-0.39, 0.29) is 18.0 Å². The zero-order chi connectivity index (χ0) is 19.0. The largest absolute Gasteiger partial charge is 0.379 e. The Morgan fingerprint density at radius 3 is 2.85 bits per heavy atom. The van der Waals surface area contributed by atoms with Crippen molar-refractivity contribution in [2.24, 2.45) is 10.7 Å². The number of benzene rings is 2. The van der Waals surface area contributed by atoms with E-state index >= 15 is 0 Å². The average molecular weight is 399 g/mol. The fourth-order valence-electron chi connectivity index (χ4n) is 3.37. The van der Waals surface area contributed by atoms with Crippen molar-refractivity contribution in [2.45, 2.75) is 25.3 Å². The highest BCUT2D eigenvalue weighted by atomic mass is 32.2. The highest BCUT2D eigenvalue weighted by Crippen LogP contribution is 2.37. The average Bonchev–Trinajstić information content (AvgIpc) is 3.07. The molecular weight excluding hydrogens is 379 g/mol. The van der Waals surface area contributed by atoms with Gasteiger partial charge in [0.1, 0.15) is 5.82 Å². The van der Waals surface area contributed by atoms with E-state index in [1.165, 1.54) is 29.2 Å². The molecule has 0 saturated heterocycles. The number of nitrogens with two attached hydrogens (primary N) is 1. The number of nitrogens with zero attached hydrogens (tertiary/aromatic N) is 1. The van der Waals surface area contributed by atoms with Gasteiger partial charge in [0.05, 0.1) is 10.4 Å². The van der Waals surface area contributed by atoms with Gasteiger partial charge in [0.25, 0.3) is 0 Å². The molecule has 0 radical (unpaired) electrons. The van der Waals surface area contributed by atoms with E-state index in [1.54, 1.807) is 12.1 Å². The molecule has 2 heterocycles. The monoisotopic (exact) mass is 398 g/mol. The molecule has 0 spiro atoms. The Morgan fingerprint density at radius 1 is 1.26 bits per heavy atom. The predicted molar refractivity (Wildman–Crippen MR) is 112 cm³/mol. The van der Waals surface area contributed by atoms with Crippen molar-refractivity contribution in [1.82, 2.24) is 0 Å². The molecule has 6 heteroatoms. The maximum atomic E-state index is 14.5. The SMILES string of the molecule is C[C@@]1(c2cc(CC(=O)c3cc4ccccc4s3)ccc2F)CCSC(N)=N1. The van der Waals surface area contributed by atoms with Crippen LogP contribution in [0.5, 0.6) is 0 Å². The highest BCUT2D eigenvalue weighted by Gasteiger charge is 2.32. The first-order valence-electron chi connectivity index (χ1n) is 8.73. The Balaban J connectivity index is 1.63. The number of halogens is 1. The number of fused-ring (bicyclic) bond motifs is 1. The van der Waals surface area contributed by atoms with Crippen LogP contribution >= 0.6 is 23.1 Å². The van der Waals surface area contributed by atoms with Gasteiger partial charge >= 0.3 is 0 Å². The number of amidine groups is 1. The zero-order valence-electron chi connectivity index (χ0n) is 14.9. The summed E-state index contributed by atoms with van der Waals surface area (Å²) in [5, 5.41) is 1.55. The molecule has 2 N–H and O–H groups in total. The second-order valence-electron chi connectivity index (χ2n) is 6.88. The first-order valence-corrected chi connectivity index (χ1v) is 10.5. The van der Waals surface area contributed by atoms with Crippen molar-refractivity contribution in [1.29, 1.82) is 0 Å². The maximum Gasteiger partial charge on any atom is 0.177 e. The van der Waals surface area contributed by atoms with Gasteiger partial charge in [0.15, 0.2) is 11.0 Å². The Hall–Kier alpha value is -2.18. The van der Waals surface area contributed by atoms with Crippen LogP contribution in [0.3, 0.4) is 0 Å². The highest BCUT2D eigenvalue weighted by molar-refractivity contribution is 8.13. The van der Waals surface area contributed by atoms with Crippen molar-refractivity contribution in [2.75, 3.05) is 5.75 Å². The molecule has 1 aromatic heterocycles. The number of ketones is 1. The molecule has 138 valence electrons. The van der Waals surface area contributed by atoms with Crippen molar-refractivity contribution in [3.8, 4) is 0 Å². The van der Waals surface area contributed by atoms with Crippen LogP contribution in [0.15, 0.2) is 53.5 Å². The van der Waals surface area contributed by atoms with E-state index in [9.17, 15) is 9.18 Å². The Kier molecular flexibility index (Phi) is 4.78. The topological polar surface area (TPSA) is 55.5 Å². The molecule has 1 aliphatic rings. The van der Waals surface area contributed by atoms with E-state index in [0.717, 1.165) is 26.3 Å². The lowest BCUT2D eigenvalue weighted by Gasteiger charge is -2.30. The molecule has 3 nitrogen and oxygen atoms in total. The lowest BCUT2D eigenvalue weighted by molar-refractivity contribution is 0.0997. The van der Waals surface area contributed by atoms with Crippen molar-refractivity contribution in [3.05, 3.63) is 70.4 Å². The molecule has 1 atom stereocenters. The lowest BCUT2D eigenvalue weighted by atomic mass is 9.87. The number of thiophene rings is 1. The van der Waals surface area contributed by atoms with E-state index in [0.29, 0.717) is 17.2 Å². The molecule has 1 aliphatic heterocycles. The number of hydrogen-bond donors (Lipinski definition) is 1. The van der Waals surface area contributed by atoms with Crippen LogP contribution < -0.4 is 5.73 Å². The summed E-state index contributed by atoms with van der Waals surface area (Å²) >= 11 is 2.98. The molecule has 0 aliphatic carbocycles. The van der Waals surface area contributed by atoms with Crippen LogP contribution in [-0.4, -0.2) is 16.7 Å². The summed E-state index contributed by atoms with van der Waals surface area (Å²) in [4.78, 5) is 18.0. The third-order valence-corrected chi connectivity index (χ3v) is 6.82. The van der Waals surface area contributed by atoms with Crippen LogP contribution in [0, 0.1) is 5.82 Å². The van der Waals surface area contributed by atoms with Gasteiger partial charge in [-0.3, -0.25) is 9.79 Å². The van der Waals surface area contributed by atoms with Gasteiger partial charge in [0, 0.05) is 22.4 Å². The van der Waals surface area contributed by atoms with Gasteiger partial charge in [0.2, 0.25) is 0 Å². The van der Waals surface area contributed by atoms with Crippen molar-refractivity contribution >= 4 is 44.1 Å². The normalized spacial score (nSPS) is 19.9. The quantitative estimate of drug-likeness (QED) is 0.620. The molecular formula is C21H19FN2OS2. The summed E-state index contributed by atoms with van der Waals surface area (Å²) in [5.41, 5.74) is 6.48. The summed E-state index contributed by atoms with van der Waals surface area (Å²) in [6.07, 6.45) is 0.952. The molecule has 0 unspecified atom stereocenters. The standard InChI is InChI=1S/C21H19FN2OS2/c1-21(8-9-26-20(23)24-21)15-10-13(6-7-16(15)22)11-17(25)19-12-14-4-2-3-5-18(14)27-19/h2-7,10,12H,8-9,11H2,1H3,(H2,23,24)/t21-/m0/s1. The van der Waals surface area contributed by atoms with Crippen LogP contribution in [0.2, 0.25) is 0 Å². The van der Waals surface area contributed by atoms with E-state index in [1.807, 2.05) is 37.3 Å². The van der Waals surface area contributed by atoms with E-state index < -0.39 is 5.54 Å². The number of hydrogen-bond acceptors (Lipinski definition) is 5. The molecule has 0 fully saturated rings. The van der Waals surface area contributed by atoms with Gasteiger partial charge in [-0.2, -0.15) is 0 Å². The molecule has 27 heavy (non-hydrogen) atoms. The summed E-state index contributed by atoms with van der Waals surface area (Å²) in [5.74, 6) is 0.538. The predicted octanol–water partition coefficient (Wildman–Crippen LogP) is 5.13. The number of Topliss-reactive ketones (excluding diaryl/α,β-unsaturated/α-hetero) is 1. The summed E-state index contributed by atoms with van der Waals surface area (Å²) in [7, 11) is 0. The lowest BCUT2D eigenvalue weighted by Crippen LogP contribution is -2.29. The molecule has 3 aromatic rings. The minimum absolute atomic E-state index is 0.0427. The van der Waals surface area contributed by atoms with Crippen LogP contribution in [0.25, 0.3) is 10.1 Å². The number of carbonyl (C=O) groups is 1. The molecule has 2 aromatic carbocycles. The summed E-state index contributed by atoms with van der Waals surface area (Å²) in [6.45, 7) is 1.90. The molecule has 0 saturated carbocycles. The number of thioether (sulfide) groups is 1. The first kappa shape index (κ1) is 18.2. The summed E-state index contributed by atoms with van der Waals surface area (Å²) < 4.78 is 15.6. The van der Waals surface area contributed by atoms with Gasteiger partial charge in [-0.1, -0.05) is 36.0 Å². The Bertz CT molecular complexity index is 1030. The summed E-state index contributed by atoms with van der Waals surface area (Å²) in [6, 6.07) is 14.8. The van der Waals surface area contributed by atoms with Crippen LogP contribution in [0.1, 0.15) is 34.1 Å². The van der Waals surface area contributed by atoms with Gasteiger partial charge in [-0.25, -0.2) is 4.39 Å². The first-order chi connectivity index (χ1) is 12.9. The minimum Gasteiger partial charge on any atom is -0.379 e. The zero-order valence-corrected chi connectivity index (χ0v) is 16.5. The molecule has 0 bridgehead atoms. The third kappa shape index (κ3) is 3.64. The Morgan fingerprint density at radius 2 is 2.07 bits per heavy atom. The van der Waals surface area contributed by atoms with Crippen molar-refractivity contribution < 1.29 is 9.18 Å². The van der Waals surface area contributed by atoms with Crippen molar-refractivity contribution in [3.63, 3.8) is 0 Å². The van der Waals surface area contributed by atoms with Gasteiger partial charge < -0.3 is 5.73 Å². The molecule has 0 amide bonds. The van der Waals surface area contributed by atoms with E-state index in [4.69, 9.17) is 5.73 Å². The number of carbonyl (C=O) groups excluding carboxylic acids is 1. The number of aliphatic imine (C=N–C) groups is 1. The third-order valence-electron chi connectivity index (χ3n) is 4.87. The maximum absolute atomic E-state index is 14.5. The van der Waals surface area contributed by atoms with Crippen LogP contribution in [0.4, 0.5) is 4.39 Å². The number of rotatable bonds is 4. The molecule has 4 rings (SSSR count). The smallest absolute Gasteiger partial charge is 0.177 e. The fourth-order valence-corrected chi connectivity index (χ4v) is 5.34. The second kappa shape index (κ2) is 7.09. The Labute approximate surface area is 165 Å². The van der Waals surface area contributed by atoms with Crippen LogP contribution in [-0.2, 0) is 12.0 Å². The van der Waals surface area contributed by atoms with Gasteiger partial charge in [-0.05, 0) is 48.6 Å². The van der Waals surface area contributed by atoms with Gasteiger partial charge in [-0.15, -0.1) is 11.3 Å².